The molecule has 0 spiro atoms. The fourth-order valence-corrected chi connectivity index (χ4v) is 4.28. The van der Waals surface area contributed by atoms with Gasteiger partial charge in [-0.1, -0.05) is 12.1 Å². The van der Waals surface area contributed by atoms with Crippen molar-refractivity contribution in [3.8, 4) is 11.4 Å². The van der Waals surface area contributed by atoms with Crippen LogP contribution in [0.1, 0.15) is 36.8 Å². The first-order chi connectivity index (χ1) is 16.0. The Hall–Kier alpha value is -3.52. The lowest BCUT2D eigenvalue weighted by Gasteiger charge is -2.26. The number of nitrogens with zero attached hydrogens (tertiary/aromatic N) is 4. The van der Waals surface area contributed by atoms with Gasteiger partial charge in [0.05, 0.1) is 23.3 Å². The van der Waals surface area contributed by atoms with Crippen molar-refractivity contribution in [1.82, 2.24) is 19.4 Å². The highest BCUT2D eigenvalue weighted by atomic mass is 19.1. The van der Waals surface area contributed by atoms with Crippen molar-refractivity contribution < 1.29 is 4.39 Å². The number of aromatic nitrogens is 4. The van der Waals surface area contributed by atoms with Crippen LogP contribution in [0.15, 0.2) is 55.0 Å². The number of fused-ring (bicyclic) bond motifs is 1. The summed E-state index contributed by atoms with van der Waals surface area (Å²) in [7, 11) is 0. The first kappa shape index (κ1) is 21.3. The van der Waals surface area contributed by atoms with Crippen molar-refractivity contribution in [3.63, 3.8) is 0 Å². The number of anilines is 2. The number of aryl methyl sites for hydroxylation is 1. The Kier molecular flexibility index (Phi) is 5.92. The Morgan fingerprint density at radius 1 is 1.03 bits per heavy atom. The summed E-state index contributed by atoms with van der Waals surface area (Å²) < 4.78 is 15.2. The fourth-order valence-electron chi connectivity index (χ4n) is 4.28. The van der Waals surface area contributed by atoms with Crippen LogP contribution < -0.4 is 16.4 Å². The van der Waals surface area contributed by atoms with Crippen molar-refractivity contribution in [2.75, 3.05) is 10.6 Å². The number of imidazole rings is 1. The molecule has 7 nitrogen and oxygen atoms in total. The minimum Gasteiger partial charge on any atom is -0.380 e. The van der Waals surface area contributed by atoms with E-state index in [-0.39, 0.29) is 5.82 Å². The number of benzene rings is 1. The maximum atomic E-state index is 13.2. The van der Waals surface area contributed by atoms with Crippen LogP contribution in [-0.4, -0.2) is 31.4 Å². The van der Waals surface area contributed by atoms with E-state index in [0.29, 0.717) is 24.6 Å². The lowest BCUT2D eigenvalue weighted by atomic mass is 9.92. The molecule has 8 heteroatoms. The Bertz CT molecular complexity index is 1240. The number of hydrogen-bond donors (Lipinski definition) is 3. The van der Waals surface area contributed by atoms with Crippen LogP contribution in [0.25, 0.3) is 17.0 Å². The highest BCUT2D eigenvalue weighted by molar-refractivity contribution is 5.65. The molecule has 0 radical (unpaired) electrons. The van der Waals surface area contributed by atoms with E-state index in [2.05, 4.69) is 20.6 Å². The zero-order chi connectivity index (χ0) is 22.8. The fraction of sp³-hybridized carbons (Fsp3) is 0.320. The van der Waals surface area contributed by atoms with Crippen LogP contribution in [0.2, 0.25) is 0 Å². The molecule has 0 atom stereocenters. The lowest BCUT2D eigenvalue weighted by molar-refractivity contribution is 0.410. The summed E-state index contributed by atoms with van der Waals surface area (Å²) in [6.07, 6.45) is 9.83. The minimum absolute atomic E-state index is 0.232. The molecule has 5 rings (SSSR count). The molecule has 0 amide bonds. The van der Waals surface area contributed by atoms with Crippen LogP contribution >= 0.6 is 0 Å². The van der Waals surface area contributed by atoms with Crippen LogP contribution in [0.3, 0.4) is 0 Å². The van der Waals surface area contributed by atoms with Crippen molar-refractivity contribution in [2.45, 2.75) is 51.2 Å². The Morgan fingerprint density at radius 3 is 2.61 bits per heavy atom. The first-order valence-electron chi connectivity index (χ1n) is 11.4. The van der Waals surface area contributed by atoms with Gasteiger partial charge in [-0.2, -0.15) is 0 Å². The summed E-state index contributed by atoms with van der Waals surface area (Å²) in [6.45, 7) is 2.61. The molecule has 3 heterocycles. The van der Waals surface area contributed by atoms with Gasteiger partial charge in [0, 0.05) is 31.0 Å². The summed E-state index contributed by atoms with van der Waals surface area (Å²) in [5.74, 6) is 0.404. The molecule has 1 aromatic carbocycles. The molecule has 1 aliphatic rings. The van der Waals surface area contributed by atoms with Gasteiger partial charge in [-0.25, -0.2) is 19.3 Å². The van der Waals surface area contributed by atoms with Gasteiger partial charge < -0.3 is 16.4 Å². The molecule has 4 N–H and O–H groups in total. The second-order valence-corrected chi connectivity index (χ2v) is 8.75. The average molecular weight is 446 g/mol. The van der Waals surface area contributed by atoms with E-state index in [4.69, 9.17) is 10.7 Å². The van der Waals surface area contributed by atoms with E-state index >= 15 is 0 Å². The van der Waals surface area contributed by atoms with Gasteiger partial charge >= 0.3 is 0 Å². The summed E-state index contributed by atoms with van der Waals surface area (Å²) in [6, 6.07) is 11.1. The molecular formula is C25H28FN7. The zero-order valence-corrected chi connectivity index (χ0v) is 18.6. The molecule has 1 fully saturated rings. The van der Waals surface area contributed by atoms with Gasteiger partial charge in [0.15, 0.2) is 0 Å². The van der Waals surface area contributed by atoms with Gasteiger partial charge in [0.1, 0.15) is 11.5 Å². The molecule has 33 heavy (non-hydrogen) atoms. The number of rotatable bonds is 6. The number of hydrogen-bond acceptors (Lipinski definition) is 6. The average Bonchev–Trinajstić information content (AvgIpc) is 3.24. The van der Waals surface area contributed by atoms with Gasteiger partial charge in [0.2, 0.25) is 5.95 Å². The number of halogens is 1. The number of pyridine rings is 1. The summed E-state index contributed by atoms with van der Waals surface area (Å²) >= 11 is 0. The van der Waals surface area contributed by atoms with Gasteiger partial charge in [-0.3, -0.25) is 4.40 Å². The summed E-state index contributed by atoms with van der Waals surface area (Å²) in [5, 5.41) is 6.88. The van der Waals surface area contributed by atoms with Crippen molar-refractivity contribution in [1.29, 1.82) is 0 Å². The van der Waals surface area contributed by atoms with E-state index < -0.39 is 0 Å². The molecule has 1 saturated carbocycles. The molecular weight excluding hydrogens is 417 g/mol. The Labute approximate surface area is 192 Å². The predicted molar refractivity (Wildman–Crippen MR) is 129 cm³/mol. The Morgan fingerprint density at radius 2 is 1.82 bits per heavy atom. The highest BCUT2D eigenvalue weighted by Gasteiger charge is 2.20. The lowest BCUT2D eigenvalue weighted by Crippen LogP contribution is -2.33. The van der Waals surface area contributed by atoms with E-state index in [1.165, 1.54) is 12.1 Å². The van der Waals surface area contributed by atoms with Crippen molar-refractivity contribution in [3.05, 3.63) is 71.9 Å². The SMILES string of the molecule is Cc1cnc(NC2CCC(N)CC2)nc1-c1cnc2ccc(NCc3ccc(F)cc3)cn12. The largest absolute Gasteiger partial charge is 0.380 e. The standard InChI is InChI=1S/C25H28FN7/c1-16-12-30-25(31-20-8-6-19(27)7-9-20)32-24(16)22-14-29-23-11-10-21(15-33(22)23)28-13-17-2-4-18(26)5-3-17/h2-5,10-12,14-15,19-20,28H,6-9,13,27H2,1H3,(H,30,31,32). The monoisotopic (exact) mass is 445 g/mol. The second-order valence-electron chi connectivity index (χ2n) is 8.75. The molecule has 0 aliphatic heterocycles. The van der Waals surface area contributed by atoms with Crippen LogP contribution in [-0.2, 0) is 6.54 Å². The minimum atomic E-state index is -0.232. The van der Waals surface area contributed by atoms with E-state index in [9.17, 15) is 4.39 Å². The van der Waals surface area contributed by atoms with E-state index in [1.54, 1.807) is 12.1 Å². The number of nitrogens with two attached hydrogens (primary N) is 1. The second kappa shape index (κ2) is 9.15. The zero-order valence-electron chi connectivity index (χ0n) is 18.6. The molecule has 0 bridgehead atoms. The first-order valence-corrected chi connectivity index (χ1v) is 11.4. The third-order valence-corrected chi connectivity index (χ3v) is 6.23. The third kappa shape index (κ3) is 4.80. The smallest absolute Gasteiger partial charge is 0.223 e. The van der Waals surface area contributed by atoms with Crippen LogP contribution in [0.5, 0.6) is 0 Å². The molecule has 0 unspecified atom stereocenters. The summed E-state index contributed by atoms with van der Waals surface area (Å²) in [5.41, 5.74) is 11.6. The van der Waals surface area contributed by atoms with E-state index in [0.717, 1.165) is 59.5 Å². The maximum absolute atomic E-state index is 13.2. The van der Waals surface area contributed by atoms with E-state index in [1.807, 2.05) is 42.0 Å². The van der Waals surface area contributed by atoms with Gasteiger partial charge in [-0.05, 0) is 68.0 Å². The Balaban J connectivity index is 1.38. The highest BCUT2D eigenvalue weighted by Crippen LogP contribution is 2.26. The van der Waals surface area contributed by atoms with Crippen LogP contribution in [0.4, 0.5) is 16.0 Å². The maximum Gasteiger partial charge on any atom is 0.223 e. The normalized spacial score (nSPS) is 18.4. The quantitative estimate of drug-likeness (QED) is 0.404. The van der Waals surface area contributed by atoms with Crippen molar-refractivity contribution in [2.24, 2.45) is 5.73 Å². The molecule has 1 aliphatic carbocycles. The number of nitrogens with one attached hydrogen (secondary N) is 2. The summed E-state index contributed by atoms with van der Waals surface area (Å²) in [4.78, 5) is 13.9. The van der Waals surface area contributed by atoms with Crippen molar-refractivity contribution >= 4 is 17.3 Å². The molecule has 4 aromatic rings. The topological polar surface area (TPSA) is 93.2 Å². The molecule has 3 aromatic heterocycles. The van der Waals surface area contributed by atoms with Crippen LogP contribution in [0, 0.1) is 12.7 Å². The van der Waals surface area contributed by atoms with Gasteiger partial charge in [0.25, 0.3) is 0 Å². The van der Waals surface area contributed by atoms with Gasteiger partial charge in [-0.15, -0.1) is 0 Å². The third-order valence-electron chi connectivity index (χ3n) is 6.23. The molecule has 170 valence electrons. The predicted octanol–water partition coefficient (Wildman–Crippen LogP) is 4.53. The molecule has 0 saturated heterocycles.